The lowest BCUT2D eigenvalue weighted by molar-refractivity contribution is -0.155. The molecule has 0 aromatic heterocycles. The quantitative estimate of drug-likeness (QED) is 0.276. The number of hydrogen-bond acceptors (Lipinski definition) is 5. The lowest BCUT2D eigenvalue weighted by atomic mass is 9.91. The van der Waals surface area contributed by atoms with Gasteiger partial charge in [-0.1, -0.05) is 37.9 Å². The molecule has 0 radical (unpaired) electrons. The molecule has 0 saturated carbocycles. The molecule has 1 aromatic rings. The summed E-state index contributed by atoms with van der Waals surface area (Å²) >= 11 is 7.05. The Kier molecular flexibility index (Phi) is 11.5. The van der Waals surface area contributed by atoms with Gasteiger partial charge < -0.3 is 19.7 Å². The van der Waals surface area contributed by atoms with E-state index in [1.807, 2.05) is 48.5 Å². The van der Waals surface area contributed by atoms with Gasteiger partial charge in [0.15, 0.2) is 0 Å². The molecule has 1 atom stereocenters. The molecule has 0 spiro atoms. The number of aryl methyl sites for hydroxylation is 1. The maximum atomic E-state index is 12.7. The molecule has 1 amide bonds. The standard InChI is InChI=1S/C24H38Br2N2O4/c1-17-8-9-19(28(12-10-25)13-11-26)15-20(17)18(14-21(29)31-23(2,3)4)16-27-22(30)32-24(5,6)7/h8-9,15,18H,10-14,16H2,1-7H3,(H,27,30). The van der Waals surface area contributed by atoms with Gasteiger partial charge in [-0.25, -0.2) is 4.79 Å². The highest BCUT2D eigenvalue weighted by Gasteiger charge is 2.25. The molecular weight excluding hydrogens is 540 g/mol. The number of alkyl carbamates (subject to hydrolysis) is 1. The number of halogens is 2. The minimum absolute atomic E-state index is 0.161. The van der Waals surface area contributed by atoms with E-state index in [2.05, 4.69) is 60.3 Å². The van der Waals surface area contributed by atoms with E-state index in [4.69, 9.17) is 9.47 Å². The monoisotopic (exact) mass is 576 g/mol. The van der Waals surface area contributed by atoms with Crippen molar-refractivity contribution in [3.8, 4) is 0 Å². The number of alkyl halides is 2. The molecule has 0 aliphatic carbocycles. The smallest absolute Gasteiger partial charge is 0.407 e. The van der Waals surface area contributed by atoms with Gasteiger partial charge in [0.05, 0.1) is 6.42 Å². The van der Waals surface area contributed by atoms with Crippen molar-refractivity contribution in [3.05, 3.63) is 29.3 Å². The van der Waals surface area contributed by atoms with Crippen LogP contribution < -0.4 is 10.2 Å². The molecule has 0 aliphatic rings. The molecule has 1 unspecified atom stereocenters. The fraction of sp³-hybridized carbons (Fsp3) is 0.667. The number of amides is 1. The second-order valence-electron chi connectivity index (χ2n) is 9.78. The summed E-state index contributed by atoms with van der Waals surface area (Å²) in [6.07, 6.45) is -0.338. The van der Waals surface area contributed by atoms with Crippen molar-refractivity contribution in [2.24, 2.45) is 0 Å². The Hall–Kier alpha value is -1.28. The van der Waals surface area contributed by atoms with Crippen LogP contribution in [0, 0.1) is 6.92 Å². The van der Waals surface area contributed by atoms with E-state index in [9.17, 15) is 9.59 Å². The van der Waals surface area contributed by atoms with E-state index < -0.39 is 17.3 Å². The van der Waals surface area contributed by atoms with Gasteiger partial charge in [-0.05, 0) is 71.7 Å². The first kappa shape index (κ1) is 28.8. The van der Waals surface area contributed by atoms with Crippen LogP contribution in [0.1, 0.15) is 65.0 Å². The van der Waals surface area contributed by atoms with Crippen LogP contribution in [0.5, 0.6) is 0 Å². The summed E-state index contributed by atoms with van der Waals surface area (Å²) in [5, 5.41) is 4.54. The third-order valence-electron chi connectivity index (χ3n) is 4.50. The van der Waals surface area contributed by atoms with Gasteiger partial charge in [0.25, 0.3) is 0 Å². The molecule has 0 saturated heterocycles. The van der Waals surface area contributed by atoms with E-state index in [1.165, 1.54) is 0 Å². The number of carbonyl (C=O) groups is 2. The van der Waals surface area contributed by atoms with Crippen LogP contribution in [-0.2, 0) is 14.3 Å². The number of ether oxygens (including phenoxy) is 2. The number of anilines is 1. The van der Waals surface area contributed by atoms with Gasteiger partial charge >= 0.3 is 12.1 Å². The fourth-order valence-electron chi connectivity index (χ4n) is 3.24. The van der Waals surface area contributed by atoms with E-state index in [0.29, 0.717) is 0 Å². The van der Waals surface area contributed by atoms with Crippen LogP contribution in [0.25, 0.3) is 0 Å². The summed E-state index contributed by atoms with van der Waals surface area (Å²) < 4.78 is 10.9. The van der Waals surface area contributed by atoms with E-state index >= 15 is 0 Å². The van der Waals surface area contributed by atoms with Crippen molar-refractivity contribution < 1.29 is 19.1 Å². The maximum absolute atomic E-state index is 12.7. The molecule has 0 bridgehead atoms. The van der Waals surface area contributed by atoms with Crippen LogP contribution in [0.3, 0.4) is 0 Å². The lowest BCUT2D eigenvalue weighted by Crippen LogP contribution is -2.36. The number of benzene rings is 1. The number of carbonyl (C=O) groups excluding carboxylic acids is 2. The van der Waals surface area contributed by atoms with Gasteiger partial charge in [0, 0.05) is 41.9 Å². The second-order valence-corrected chi connectivity index (χ2v) is 11.4. The predicted molar refractivity (Wildman–Crippen MR) is 138 cm³/mol. The number of rotatable bonds is 10. The average Bonchev–Trinajstić information content (AvgIpc) is 2.62. The van der Waals surface area contributed by atoms with Crippen LogP contribution in [0.15, 0.2) is 18.2 Å². The normalized spacial score (nSPS) is 12.8. The van der Waals surface area contributed by atoms with Gasteiger partial charge in [0.1, 0.15) is 11.2 Å². The summed E-state index contributed by atoms with van der Waals surface area (Å²) in [6, 6.07) is 6.28. The van der Waals surface area contributed by atoms with Crippen LogP contribution >= 0.6 is 31.9 Å². The van der Waals surface area contributed by atoms with E-state index in [1.54, 1.807) is 0 Å². The molecule has 6 nitrogen and oxygen atoms in total. The summed E-state index contributed by atoms with van der Waals surface area (Å²) in [7, 11) is 0. The van der Waals surface area contributed by atoms with Crippen molar-refractivity contribution in [1.29, 1.82) is 0 Å². The van der Waals surface area contributed by atoms with Gasteiger partial charge in [0.2, 0.25) is 0 Å². The number of nitrogens with zero attached hydrogens (tertiary/aromatic N) is 1. The highest BCUT2D eigenvalue weighted by atomic mass is 79.9. The van der Waals surface area contributed by atoms with E-state index in [-0.39, 0.29) is 24.9 Å². The van der Waals surface area contributed by atoms with Gasteiger partial charge in [-0.2, -0.15) is 0 Å². The molecule has 0 aliphatic heterocycles. The third-order valence-corrected chi connectivity index (χ3v) is 5.21. The molecular formula is C24H38Br2N2O4. The Morgan fingerprint density at radius 1 is 1.00 bits per heavy atom. The second kappa shape index (κ2) is 12.8. The molecule has 1 N–H and O–H groups in total. The topological polar surface area (TPSA) is 67.9 Å². The fourth-order valence-corrected chi connectivity index (χ4v) is 4.09. The highest BCUT2D eigenvalue weighted by molar-refractivity contribution is 9.09. The first-order chi connectivity index (χ1) is 14.8. The van der Waals surface area contributed by atoms with Crippen LogP contribution in [-0.4, -0.2) is 53.6 Å². The Bertz CT molecular complexity index is 751. The largest absolute Gasteiger partial charge is 0.460 e. The molecule has 0 fully saturated rings. The zero-order valence-corrected chi connectivity index (χ0v) is 23.6. The Labute approximate surface area is 210 Å². The minimum Gasteiger partial charge on any atom is -0.460 e. The molecule has 0 heterocycles. The van der Waals surface area contributed by atoms with Gasteiger partial charge in [-0.15, -0.1) is 0 Å². The number of esters is 1. The van der Waals surface area contributed by atoms with Crippen molar-refractivity contribution in [1.82, 2.24) is 5.32 Å². The molecule has 1 aromatic carbocycles. The Morgan fingerprint density at radius 3 is 2.06 bits per heavy atom. The number of nitrogens with one attached hydrogen (secondary N) is 1. The van der Waals surface area contributed by atoms with Crippen molar-refractivity contribution in [3.63, 3.8) is 0 Å². The summed E-state index contributed by atoms with van der Waals surface area (Å²) in [6.45, 7) is 15.0. The Balaban J connectivity index is 3.19. The van der Waals surface area contributed by atoms with Crippen molar-refractivity contribution in [2.75, 3.05) is 35.2 Å². The van der Waals surface area contributed by atoms with Gasteiger partial charge in [-0.3, -0.25) is 4.79 Å². The summed E-state index contributed by atoms with van der Waals surface area (Å²) in [5.41, 5.74) is 1.99. The predicted octanol–water partition coefficient (Wildman–Crippen LogP) is 5.93. The Morgan fingerprint density at radius 2 is 1.56 bits per heavy atom. The molecule has 182 valence electrons. The third kappa shape index (κ3) is 11.0. The summed E-state index contributed by atoms with van der Waals surface area (Å²) in [4.78, 5) is 27.2. The van der Waals surface area contributed by atoms with Crippen molar-refractivity contribution in [2.45, 2.75) is 72.0 Å². The molecule has 8 heteroatoms. The highest BCUT2D eigenvalue weighted by Crippen LogP contribution is 2.29. The lowest BCUT2D eigenvalue weighted by Gasteiger charge is -2.27. The number of hydrogen-bond donors (Lipinski definition) is 1. The SMILES string of the molecule is Cc1ccc(N(CCBr)CCBr)cc1C(CNC(=O)OC(C)(C)C)CC(=O)OC(C)(C)C. The summed E-state index contributed by atoms with van der Waals surface area (Å²) in [5.74, 6) is -0.539. The zero-order chi connectivity index (χ0) is 24.5. The van der Waals surface area contributed by atoms with Crippen LogP contribution in [0.4, 0.5) is 10.5 Å². The first-order valence-corrected chi connectivity index (χ1v) is 13.2. The van der Waals surface area contributed by atoms with Crippen LogP contribution in [0.2, 0.25) is 0 Å². The molecule has 1 rings (SSSR count). The zero-order valence-electron chi connectivity index (χ0n) is 20.4. The van der Waals surface area contributed by atoms with E-state index in [0.717, 1.165) is 40.6 Å². The molecule has 32 heavy (non-hydrogen) atoms. The maximum Gasteiger partial charge on any atom is 0.407 e. The average molecular weight is 578 g/mol. The minimum atomic E-state index is -0.591. The van der Waals surface area contributed by atoms with Crippen molar-refractivity contribution >= 4 is 49.6 Å². The first-order valence-electron chi connectivity index (χ1n) is 10.9.